The first-order chi connectivity index (χ1) is 9.63. The molecule has 0 radical (unpaired) electrons. The van der Waals surface area contributed by atoms with Gasteiger partial charge in [-0.2, -0.15) is 0 Å². The minimum absolute atomic E-state index is 0.285. The molecule has 0 saturated carbocycles. The van der Waals surface area contributed by atoms with Crippen molar-refractivity contribution in [2.75, 3.05) is 6.61 Å². The Bertz CT molecular complexity index is 384. The fourth-order valence-electron chi connectivity index (χ4n) is 2.26. The van der Waals surface area contributed by atoms with Crippen LogP contribution in [0.25, 0.3) is 0 Å². The van der Waals surface area contributed by atoms with Crippen molar-refractivity contribution in [3.8, 4) is 5.75 Å². The van der Waals surface area contributed by atoms with Gasteiger partial charge < -0.3 is 9.84 Å². The summed E-state index contributed by atoms with van der Waals surface area (Å²) >= 11 is 0. The van der Waals surface area contributed by atoms with E-state index in [0.717, 1.165) is 0 Å². The normalized spacial score (nSPS) is 12.1. The van der Waals surface area contributed by atoms with Crippen molar-refractivity contribution in [2.45, 2.75) is 58.3 Å². The average molecular weight is 278 g/mol. The summed E-state index contributed by atoms with van der Waals surface area (Å²) in [5, 5.41) is 8.55. The van der Waals surface area contributed by atoms with Crippen LogP contribution in [0.2, 0.25) is 0 Å². The Morgan fingerprint density at radius 2 is 1.80 bits per heavy atom. The molecule has 0 bridgehead atoms. The molecule has 3 nitrogen and oxygen atoms in total. The number of unbranched alkanes of at least 4 members (excludes halogenated alkanes) is 4. The average Bonchev–Trinajstić information content (AvgIpc) is 2.45. The summed E-state index contributed by atoms with van der Waals surface area (Å²) in [7, 11) is 0. The Labute approximate surface area is 122 Å². The summed E-state index contributed by atoms with van der Waals surface area (Å²) in [6, 6.07) is 7.78. The molecule has 20 heavy (non-hydrogen) atoms. The van der Waals surface area contributed by atoms with E-state index in [0.29, 0.717) is 11.7 Å². The van der Waals surface area contributed by atoms with E-state index < -0.39 is 5.97 Å². The Morgan fingerprint density at radius 3 is 2.40 bits per heavy atom. The number of ether oxygens (including phenoxy) is 1. The fraction of sp³-hybridized carbons (Fsp3) is 0.588. The Morgan fingerprint density at radius 1 is 1.15 bits per heavy atom. The van der Waals surface area contributed by atoms with Gasteiger partial charge in [-0.25, -0.2) is 4.79 Å². The number of hydrogen-bond donors (Lipinski definition) is 1. The number of carboxylic acids is 1. The van der Waals surface area contributed by atoms with E-state index in [2.05, 4.69) is 13.8 Å². The second-order valence-electron chi connectivity index (χ2n) is 5.36. The van der Waals surface area contributed by atoms with Gasteiger partial charge in [-0.15, -0.1) is 0 Å². The van der Waals surface area contributed by atoms with Crippen molar-refractivity contribution >= 4 is 5.97 Å². The van der Waals surface area contributed by atoms with Crippen LogP contribution in [-0.2, 0) is 4.79 Å². The predicted molar refractivity (Wildman–Crippen MR) is 81.4 cm³/mol. The molecule has 0 saturated heterocycles. The van der Waals surface area contributed by atoms with Gasteiger partial charge in [0.05, 0.1) is 0 Å². The van der Waals surface area contributed by atoms with E-state index >= 15 is 0 Å². The lowest BCUT2D eigenvalue weighted by atomic mass is 9.95. The Hall–Kier alpha value is -1.51. The number of hydrogen-bond acceptors (Lipinski definition) is 2. The van der Waals surface area contributed by atoms with Crippen LogP contribution in [0.15, 0.2) is 24.3 Å². The first kappa shape index (κ1) is 16.5. The molecule has 3 heteroatoms. The Kier molecular flexibility index (Phi) is 7.78. The van der Waals surface area contributed by atoms with Crippen LogP contribution in [0.1, 0.15) is 63.9 Å². The summed E-state index contributed by atoms with van der Waals surface area (Å²) in [6.07, 6.45) is 7.76. The molecule has 1 aromatic carbocycles. The second-order valence-corrected chi connectivity index (χ2v) is 5.36. The smallest absolute Gasteiger partial charge is 0.341 e. The monoisotopic (exact) mass is 278 g/mol. The highest BCUT2D eigenvalue weighted by Crippen LogP contribution is 2.24. The third-order valence-corrected chi connectivity index (χ3v) is 3.55. The first-order valence-corrected chi connectivity index (χ1v) is 7.58. The van der Waals surface area contributed by atoms with Crippen LogP contribution in [-0.4, -0.2) is 17.7 Å². The summed E-state index contributed by atoms with van der Waals surface area (Å²) < 4.78 is 5.13. The van der Waals surface area contributed by atoms with Gasteiger partial charge >= 0.3 is 5.97 Å². The maximum absolute atomic E-state index is 10.4. The van der Waals surface area contributed by atoms with Crippen LogP contribution in [0.5, 0.6) is 5.75 Å². The van der Waals surface area contributed by atoms with Crippen molar-refractivity contribution in [3.63, 3.8) is 0 Å². The van der Waals surface area contributed by atoms with Crippen molar-refractivity contribution in [1.29, 1.82) is 0 Å². The third kappa shape index (κ3) is 6.60. The van der Waals surface area contributed by atoms with Crippen LogP contribution >= 0.6 is 0 Å². The quantitative estimate of drug-likeness (QED) is 0.635. The summed E-state index contributed by atoms with van der Waals surface area (Å²) in [5.41, 5.74) is 1.29. The van der Waals surface area contributed by atoms with E-state index in [1.807, 2.05) is 24.3 Å². The molecule has 0 aliphatic carbocycles. The largest absolute Gasteiger partial charge is 0.482 e. The van der Waals surface area contributed by atoms with Crippen LogP contribution in [0, 0.1) is 0 Å². The maximum Gasteiger partial charge on any atom is 0.341 e. The number of rotatable bonds is 10. The summed E-state index contributed by atoms with van der Waals surface area (Å²) in [4.78, 5) is 10.4. The zero-order valence-corrected chi connectivity index (χ0v) is 12.6. The topological polar surface area (TPSA) is 46.5 Å². The minimum Gasteiger partial charge on any atom is -0.482 e. The van der Waals surface area contributed by atoms with Gasteiger partial charge in [-0.05, 0) is 30.0 Å². The van der Waals surface area contributed by atoms with E-state index in [9.17, 15) is 4.79 Å². The molecule has 1 rings (SSSR count). The van der Waals surface area contributed by atoms with Gasteiger partial charge in [0.1, 0.15) is 5.75 Å². The van der Waals surface area contributed by atoms with Crippen LogP contribution in [0.3, 0.4) is 0 Å². The molecule has 1 atom stereocenters. The molecular weight excluding hydrogens is 252 g/mol. The maximum atomic E-state index is 10.4. The molecule has 0 spiro atoms. The zero-order valence-electron chi connectivity index (χ0n) is 12.6. The lowest BCUT2D eigenvalue weighted by Crippen LogP contribution is -2.09. The number of carbonyl (C=O) groups is 1. The Balaban J connectivity index is 2.33. The van der Waals surface area contributed by atoms with E-state index in [4.69, 9.17) is 9.84 Å². The zero-order chi connectivity index (χ0) is 14.8. The molecule has 0 amide bonds. The molecule has 0 fully saturated rings. The third-order valence-electron chi connectivity index (χ3n) is 3.55. The van der Waals surface area contributed by atoms with Crippen molar-refractivity contribution in [1.82, 2.24) is 0 Å². The molecule has 1 N–H and O–H groups in total. The van der Waals surface area contributed by atoms with Gasteiger partial charge in [-0.3, -0.25) is 0 Å². The van der Waals surface area contributed by atoms with Gasteiger partial charge in [0.25, 0.3) is 0 Å². The summed E-state index contributed by atoms with van der Waals surface area (Å²) in [5.74, 6) is 0.214. The highest BCUT2D eigenvalue weighted by Gasteiger charge is 2.06. The molecule has 0 aromatic heterocycles. The molecular formula is C17H26O3. The van der Waals surface area contributed by atoms with Crippen LogP contribution < -0.4 is 4.74 Å². The van der Waals surface area contributed by atoms with Gasteiger partial charge in [0.2, 0.25) is 0 Å². The number of aliphatic carboxylic acids is 1. The lowest BCUT2D eigenvalue weighted by molar-refractivity contribution is -0.139. The SMILES string of the molecule is CCCCCCCC(C)c1ccc(OCC(=O)O)cc1. The summed E-state index contributed by atoms with van der Waals surface area (Å²) in [6.45, 7) is 4.19. The highest BCUT2D eigenvalue weighted by atomic mass is 16.5. The molecule has 1 aromatic rings. The number of carboxylic acid groups (broad SMARTS) is 1. The van der Waals surface area contributed by atoms with Crippen molar-refractivity contribution in [3.05, 3.63) is 29.8 Å². The fourth-order valence-corrected chi connectivity index (χ4v) is 2.26. The van der Waals surface area contributed by atoms with E-state index in [-0.39, 0.29) is 6.61 Å². The predicted octanol–water partition coefficient (Wildman–Crippen LogP) is 4.61. The van der Waals surface area contributed by atoms with E-state index in [1.165, 1.54) is 44.1 Å². The second kappa shape index (κ2) is 9.40. The highest BCUT2D eigenvalue weighted by molar-refractivity contribution is 5.68. The van der Waals surface area contributed by atoms with Gasteiger partial charge in [0.15, 0.2) is 6.61 Å². The minimum atomic E-state index is -0.950. The van der Waals surface area contributed by atoms with E-state index in [1.54, 1.807) is 0 Å². The lowest BCUT2D eigenvalue weighted by Gasteiger charge is -2.12. The standard InChI is InChI=1S/C17H26O3/c1-3-4-5-6-7-8-14(2)15-9-11-16(12-10-15)20-13-17(18)19/h9-12,14H,3-8,13H2,1-2H3,(H,18,19). The molecule has 0 aliphatic rings. The van der Waals surface area contributed by atoms with Crippen molar-refractivity contribution in [2.24, 2.45) is 0 Å². The van der Waals surface area contributed by atoms with Crippen LogP contribution in [0.4, 0.5) is 0 Å². The van der Waals surface area contributed by atoms with Gasteiger partial charge in [-0.1, -0.05) is 58.1 Å². The molecule has 112 valence electrons. The molecule has 1 unspecified atom stereocenters. The molecule has 0 heterocycles. The first-order valence-electron chi connectivity index (χ1n) is 7.58. The van der Waals surface area contributed by atoms with Gasteiger partial charge in [0, 0.05) is 0 Å². The number of benzene rings is 1. The van der Waals surface area contributed by atoms with Crippen molar-refractivity contribution < 1.29 is 14.6 Å². The molecule has 0 aliphatic heterocycles.